The van der Waals surface area contributed by atoms with Crippen molar-refractivity contribution in [2.45, 2.75) is 46.1 Å². The number of nitrogens with one attached hydrogen (secondary N) is 2. The molecule has 1 fully saturated rings. The minimum Gasteiger partial charge on any atom is -0.338 e. The molecule has 0 bridgehead atoms. The highest BCUT2D eigenvalue weighted by Crippen LogP contribution is 2.26. The van der Waals surface area contributed by atoms with Crippen LogP contribution in [-0.4, -0.2) is 34.6 Å². The average molecular weight is 476 g/mol. The fourth-order valence-corrected chi connectivity index (χ4v) is 3.76. The van der Waals surface area contributed by atoms with Gasteiger partial charge in [0.2, 0.25) is 11.8 Å². The Labute approximate surface area is 204 Å². The zero-order valence-corrected chi connectivity index (χ0v) is 20.3. The molecule has 5 amide bonds. The highest BCUT2D eigenvalue weighted by molar-refractivity contribution is 6.16. The van der Waals surface area contributed by atoms with Gasteiger partial charge in [0.05, 0.1) is 11.4 Å². The van der Waals surface area contributed by atoms with E-state index in [-0.39, 0.29) is 29.7 Å². The lowest BCUT2D eigenvalue weighted by Gasteiger charge is -2.34. The van der Waals surface area contributed by atoms with Crippen LogP contribution in [0.15, 0.2) is 59.1 Å². The Hall–Kier alpha value is -4.14. The minimum atomic E-state index is -0.451. The smallest absolute Gasteiger partial charge is 0.331 e. The third-order valence-corrected chi connectivity index (χ3v) is 5.76. The van der Waals surface area contributed by atoms with Crippen LogP contribution in [0.2, 0.25) is 0 Å². The summed E-state index contributed by atoms with van der Waals surface area (Å²) in [4.78, 5) is 40.8. The van der Waals surface area contributed by atoms with E-state index in [9.17, 15) is 14.4 Å². The fourth-order valence-electron chi connectivity index (χ4n) is 3.76. The van der Waals surface area contributed by atoms with Gasteiger partial charge in [-0.15, -0.1) is 0 Å². The first-order chi connectivity index (χ1) is 16.6. The Balaban J connectivity index is 1.37. The number of anilines is 3. The molecule has 0 unspecified atom stereocenters. The second-order valence-electron chi connectivity index (χ2n) is 9.57. The number of urea groups is 2. The number of benzene rings is 2. The molecule has 1 saturated heterocycles. The minimum absolute atomic E-state index is 0.185. The van der Waals surface area contributed by atoms with E-state index < -0.39 is 6.03 Å². The van der Waals surface area contributed by atoms with E-state index >= 15 is 0 Å². The lowest BCUT2D eigenvalue weighted by molar-refractivity contribution is -0.119. The standard InChI is InChI=1S/C26H29N5O4/c1-17-7-5-6-8-20(17)31-23(32)13-14-30(25(31)34)16-18-9-11-19(12-10-18)27-24(33)28-22-15-21(29-35-22)26(2,3)4/h5-12,15H,13-14,16H2,1-4H3,(H2,27,28,33). The van der Waals surface area contributed by atoms with E-state index in [1.165, 1.54) is 4.90 Å². The van der Waals surface area contributed by atoms with Gasteiger partial charge >= 0.3 is 12.1 Å². The fraction of sp³-hybridized carbons (Fsp3) is 0.308. The molecule has 1 aromatic heterocycles. The van der Waals surface area contributed by atoms with Gasteiger partial charge in [-0.25, -0.2) is 14.5 Å². The Morgan fingerprint density at radius 3 is 2.43 bits per heavy atom. The van der Waals surface area contributed by atoms with Crippen LogP contribution >= 0.6 is 0 Å². The summed E-state index contributed by atoms with van der Waals surface area (Å²) < 4.78 is 5.18. The van der Waals surface area contributed by atoms with Crippen molar-refractivity contribution in [2.75, 3.05) is 22.1 Å². The summed E-state index contributed by atoms with van der Waals surface area (Å²) in [6.07, 6.45) is 0.262. The Bertz CT molecular complexity index is 1240. The van der Waals surface area contributed by atoms with Crippen LogP contribution in [-0.2, 0) is 16.8 Å². The number of imide groups is 1. The number of hydrogen-bond donors (Lipinski definition) is 2. The largest absolute Gasteiger partial charge is 0.338 e. The highest BCUT2D eigenvalue weighted by atomic mass is 16.5. The summed E-state index contributed by atoms with van der Waals surface area (Å²) in [5.74, 6) is 0.0629. The van der Waals surface area contributed by atoms with Crippen molar-refractivity contribution in [1.82, 2.24) is 10.1 Å². The van der Waals surface area contributed by atoms with Crippen molar-refractivity contribution in [3.05, 3.63) is 71.4 Å². The van der Waals surface area contributed by atoms with E-state index in [2.05, 4.69) is 15.8 Å². The molecule has 9 nitrogen and oxygen atoms in total. The second-order valence-corrected chi connectivity index (χ2v) is 9.57. The summed E-state index contributed by atoms with van der Waals surface area (Å²) in [5, 5.41) is 9.36. The zero-order chi connectivity index (χ0) is 25.2. The Kier molecular flexibility index (Phi) is 6.59. The maximum Gasteiger partial charge on any atom is 0.331 e. The van der Waals surface area contributed by atoms with Crippen molar-refractivity contribution >= 4 is 35.2 Å². The number of nitrogens with zero attached hydrogens (tertiary/aromatic N) is 3. The predicted octanol–water partition coefficient (Wildman–Crippen LogP) is 5.28. The number of para-hydroxylation sites is 1. The summed E-state index contributed by atoms with van der Waals surface area (Å²) in [5.41, 5.74) is 3.50. The number of carbonyl (C=O) groups excluding carboxylic acids is 3. The molecule has 0 radical (unpaired) electrons. The molecule has 0 spiro atoms. The third-order valence-electron chi connectivity index (χ3n) is 5.76. The first kappa shape index (κ1) is 24.0. The van der Waals surface area contributed by atoms with E-state index in [0.29, 0.717) is 24.5 Å². The van der Waals surface area contributed by atoms with Crippen molar-refractivity contribution in [2.24, 2.45) is 0 Å². The third kappa shape index (κ3) is 5.51. The number of aryl methyl sites for hydroxylation is 1. The summed E-state index contributed by atoms with van der Waals surface area (Å²) in [6.45, 7) is 8.61. The summed E-state index contributed by atoms with van der Waals surface area (Å²) in [6, 6.07) is 15.5. The van der Waals surface area contributed by atoms with Crippen LogP contribution < -0.4 is 15.5 Å². The Morgan fingerprint density at radius 1 is 1.06 bits per heavy atom. The topological polar surface area (TPSA) is 108 Å². The quantitative estimate of drug-likeness (QED) is 0.522. The van der Waals surface area contributed by atoms with Crippen molar-refractivity contribution in [3.8, 4) is 0 Å². The molecule has 4 rings (SSSR count). The van der Waals surface area contributed by atoms with Gasteiger partial charge in [-0.05, 0) is 36.2 Å². The van der Waals surface area contributed by atoms with Gasteiger partial charge in [0.1, 0.15) is 0 Å². The van der Waals surface area contributed by atoms with E-state index in [1.54, 1.807) is 29.2 Å². The van der Waals surface area contributed by atoms with Crippen molar-refractivity contribution in [3.63, 3.8) is 0 Å². The lowest BCUT2D eigenvalue weighted by Crippen LogP contribution is -2.52. The SMILES string of the molecule is Cc1ccccc1N1C(=O)CCN(Cc2ccc(NC(=O)Nc3cc(C(C)(C)C)no3)cc2)C1=O. The molecular weight excluding hydrogens is 446 g/mol. The molecular formula is C26H29N5O4. The molecule has 2 heterocycles. The molecule has 2 N–H and O–H groups in total. The number of carbonyl (C=O) groups is 3. The van der Waals surface area contributed by atoms with Crippen LogP contribution in [0.25, 0.3) is 0 Å². The second kappa shape index (κ2) is 9.61. The molecule has 9 heteroatoms. The van der Waals surface area contributed by atoms with Gasteiger partial charge in [-0.1, -0.05) is 56.3 Å². The van der Waals surface area contributed by atoms with Crippen molar-refractivity contribution in [1.29, 1.82) is 0 Å². The number of aromatic nitrogens is 1. The Morgan fingerprint density at radius 2 is 1.77 bits per heavy atom. The van der Waals surface area contributed by atoms with Crippen molar-refractivity contribution < 1.29 is 18.9 Å². The summed E-state index contributed by atoms with van der Waals surface area (Å²) >= 11 is 0. The van der Waals surface area contributed by atoms with Crippen LogP contribution in [0.5, 0.6) is 0 Å². The van der Waals surface area contributed by atoms with Crippen LogP contribution in [0.4, 0.5) is 26.8 Å². The molecule has 1 aliphatic rings. The zero-order valence-electron chi connectivity index (χ0n) is 20.3. The number of amides is 5. The van der Waals surface area contributed by atoms with Crippen LogP contribution in [0, 0.1) is 6.92 Å². The number of hydrogen-bond acceptors (Lipinski definition) is 5. The number of rotatable bonds is 5. The van der Waals surface area contributed by atoms with Crippen LogP contribution in [0.1, 0.15) is 44.0 Å². The highest BCUT2D eigenvalue weighted by Gasteiger charge is 2.33. The molecule has 182 valence electrons. The molecule has 3 aromatic rings. The first-order valence-electron chi connectivity index (χ1n) is 11.4. The maximum atomic E-state index is 13.1. The predicted molar refractivity (Wildman–Crippen MR) is 133 cm³/mol. The molecule has 2 aromatic carbocycles. The molecule has 0 saturated carbocycles. The monoisotopic (exact) mass is 475 g/mol. The van der Waals surface area contributed by atoms with Gasteiger partial charge in [0.15, 0.2) is 0 Å². The molecule has 35 heavy (non-hydrogen) atoms. The summed E-state index contributed by atoms with van der Waals surface area (Å²) in [7, 11) is 0. The van der Waals surface area contributed by atoms with E-state index in [0.717, 1.165) is 16.8 Å². The molecule has 0 aliphatic carbocycles. The maximum absolute atomic E-state index is 13.1. The molecule has 1 aliphatic heterocycles. The van der Waals surface area contributed by atoms with Gasteiger partial charge in [0, 0.05) is 36.7 Å². The first-order valence-corrected chi connectivity index (χ1v) is 11.4. The van der Waals surface area contributed by atoms with E-state index in [1.807, 2.05) is 58.0 Å². The van der Waals surface area contributed by atoms with Gasteiger partial charge < -0.3 is 14.7 Å². The van der Waals surface area contributed by atoms with E-state index in [4.69, 9.17) is 4.52 Å². The van der Waals surface area contributed by atoms with Gasteiger partial charge in [-0.3, -0.25) is 10.1 Å². The average Bonchev–Trinajstić information content (AvgIpc) is 3.27. The van der Waals surface area contributed by atoms with Gasteiger partial charge in [-0.2, -0.15) is 0 Å². The lowest BCUT2D eigenvalue weighted by atomic mass is 9.92. The normalized spacial score (nSPS) is 14.3. The molecule has 0 atom stereocenters. The van der Waals surface area contributed by atoms with Crippen LogP contribution in [0.3, 0.4) is 0 Å². The van der Waals surface area contributed by atoms with Gasteiger partial charge in [0.25, 0.3) is 0 Å².